The van der Waals surface area contributed by atoms with Crippen molar-refractivity contribution in [2.24, 2.45) is 28.6 Å². The van der Waals surface area contributed by atoms with E-state index in [2.05, 4.69) is 13.0 Å². The third-order valence-corrected chi connectivity index (χ3v) is 13.5. The molecule has 15 heteroatoms. The van der Waals surface area contributed by atoms with Crippen molar-refractivity contribution >= 4 is 5.78 Å². The molecule has 2 saturated heterocycles. The smallest absolute Gasteiger partial charge is 0.196 e. The highest BCUT2D eigenvalue weighted by Crippen LogP contribution is 2.69. The van der Waals surface area contributed by atoms with Crippen LogP contribution in [0.2, 0.25) is 0 Å². The largest absolute Gasteiger partial charge is 0.489 e. The Hall–Kier alpha value is -1.57. The quantitative estimate of drug-likeness (QED) is 0.132. The zero-order chi connectivity index (χ0) is 35.9. The van der Waals surface area contributed by atoms with E-state index in [1.807, 2.05) is 6.92 Å². The summed E-state index contributed by atoms with van der Waals surface area (Å²) in [6, 6.07) is 0. The van der Waals surface area contributed by atoms with Gasteiger partial charge in [-0.3, -0.25) is 4.79 Å². The number of rotatable bonds is 7. The highest BCUT2D eigenvalue weighted by atomic mass is 16.7. The minimum Gasteiger partial charge on any atom is -0.489 e. The number of hydrogen-bond donors (Lipinski definition) is 9. The van der Waals surface area contributed by atoms with Gasteiger partial charge in [-0.25, -0.2) is 0 Å². The van der Waals surface area contributed by atoms with Crippen LogP contribution < -0.4 is 0 Å². The fourth-order valence-corrected chi connectivity index (χ4v) is 10.6. The zero-order valence-corrected chi connectivity index (χ0v) is 28.4. The third kappa shape index (κ3) is 5.72. The Bertz CT molecular complexity index is 1350. The van der Waals surface area contributed by atoms with E-state index in [-0.39, 0.29) is 30.1 Å². The van der Waals surface area contributed by atoms with Crippen molar-refractivity contribution in [3.63, 3.8) is 0 Å². The van der Waals surface area contributed by atoms with Crippen molar-refractivity contribution < 1.29 is 74.4 Å². The lowest BCUT2D eigenvalue weighted by Gasteiger charge is -2.62. The van der Waals surface area contributed by atoms with E-state index < -0.39 is 103 Å². The van der Waals surface area contributed by atoms with Crippen molar-refractivity contribution in [1.29, 1.82) is 0 Å². The number of aliphatic hydroxyl groups is 9. The maximum atomic E-state index is 12.5. The van der Waals surface area contributed by atoms with Gasteiger partial charge in [0.05, 0.1) is 31.0 Å². The molecule has 0 amide bonds. The standard InChI is InChI=1S/C35H52O15/c1-33-7-5-17(48-32-30(44)28(42)26(40)23(50-32)14-47-31-29(43)27(41)25(39)22(12-36)49-31)9-15(33)3-4-19-24(33)20(38)11-34(2)18(6-8-35(19,34)45)21-10-16(37)13-46-21/h3,10,17-20,22-32,36,38-45H,4-9,11-14H2,1-2H3/t17-,18+,19-,20-,22+,23+,24-,25-,26-,27-,28-,29+,30-,31-,32-,33+,34-,35-/m1/s1. The molecule has 0 bridgehead atoms. The molecule has 7 aliphatic rings. The molecule has 15 nitrogen and oxygen atoms in total. The first-order chi connectivity index (χ1) is 23.6. The summed E-state index contributed by atoms with van der Waals surface area (Å²) in [6.07, 6.45) is -8.71. The Morgan fingerprint density at radius 3 is 2.24 bits per heavy atom. The van der Waals surface area contributed by atoms with Crippen LogP contribution in [-0.4, -0.2) is 151 Å². The molecular weight excluding hydrogens is 660 g/mol. The fraction of sp³-hybridized carbons (Fsp3) is 0.857. The molecule has 18 atom stereocenters. The highest BCUT2D eigenvalue weighted by molar-refractivity contribution is 5.93. The lowest BCUT2D eigenvalue weighted by atomic mass is 9.45. The molecule has 282 valence electrons. The summed E-state index contributed by atoms with van der Waals surface area (Å²) in [5.41, 5.74) is -1.06. The predicted octanol–water partition coefficient (Wildman–Crippen LogP) is -1.86. The number of ether oxygens (including phenoxy) is 5. The van der Waals surface area contributed by atoms with Crippen molar-refractivity contribution in [1.82, 2.24) is 0 Å². The molecule has 50 heavy (non-hydrogen) atoms. The average Bonchev–Trinajstić information content (AvgIpc) is 3.63. The molecule has 0 radical (unpaired) electrons. The van der Waals surface area contributed by atoms with Crippen LogP contribution in [0.25, 0.3) is 0 Å². The summed E-state index contributed by atoms with van der Waals surface area (Å²) < 4.78 is 28.7. The molecule has 0 aromatic rings. The van der Waals surface area contributed by atoms with Crippen LogP contribution in [0.5, 0.6) is 0 Å². The van der Waals surface area contributed by atoms with Crippen LogP contribution in [-0.2, 0) is 28.5 Å². The monoisotopic (exact) mass is 712 g/mol. The van der Waals surface area contributed by atoms with Gasteiger partial charge in [-0.2, -0.15) is 0 Å². The second-order valence-electron chi connectivity index (χ2n) is 16.1. The van der Waals surface area contributed by atoms with Crippen LogP contribution in [0.15, 0.2) is 23.5 Å². The first-order valence-corrected chi connectivity index (χ1v) is 17.9. The summed E-state index contributed by atoms with van der Waals surface area (Å²) in [5, 5.41) is 96.3. The van der Waals surface area contributed by atoms with Crippen molar-refractivity contribution in [2.45, 2.75) is 138 Å². The van der Waals surface area contributed by atoms with Gasteiger partial charge in [-0.15, -0.1) is 0 Å². The number of carbonyl (C=O) groups is 1. The second kappa shape index (κ2) is 13.4. The lowest BCUT2D eigenvalue weighted by molar-refractivity contribution is -0.336. The minimum atomic E-state index is -1.67. The predicted molar refractivity (Wildman–Crippen MR) is 168 cm³/mol. The second-order valence-corrected chi connectivity index (χ2v) is 16.1. The molecule has 7 rings (SSSR count). The first kappa shape index (κ1) is 36.8. The van der Waals surface area contributed by atoms with E-state index in [0.29, 0.717) is 50.7 Å². The number of allylic oxidation sites excluding steroid dienone is 2. The summed E-state index contributed by atoms with van der Waals surface area (Å²) in [6.45, 7) is 3.06. The molecule has 9 N–H and O–H groups in total. The molecule has 3 saturated carbocycles. The molecular formula is C35H52O15. The third-order valence-electron chi connectivity index (χ3n) is 13.5. The number of fused-ring (bicyclic) bond motifs is 5. The van der Waals surface area contributed by atoms with Crippen LogP contribution in [0, 0.1) is 28.6 Å². The van der Waals surface area contributed by atoms with Crippen molar-refractivity contribution in [3.8, 4) is 0 Å². The first-order valence-electron chi connectivity index (χ1n) is 17.9. The van der Waals surface area contributed by atoms with E-state index in [1.165, 1.54) is 0 Å². The summed E-state index contributed by atoms with van der Waals surface area (Å²) >= 11 is 0. The molecule has 3 heterocycles. The average molecular weight is 713 g/mol. The summed E-state index contributed by atoms with van der Waals surface area (Å²) in [5.74, 6) is -0.0344. The van der Waals surface area contributed by atoms with Gasteiger partial charge in [0.25, 0.3) is 0 Å². The topological polar surface area (TPSA) is 245 Å². The van der Waals surface area contributed by atoms with Crippen molar-refractivity contribution in [3.05, 3.63) is 23.5 Å². The number of ketones is 1. The zero-order valence-electron chi connectivity index (χ0n) is 28.4. The molecule has 0 unspecified atom stereocenters. The molecule has 4 aliphatic carbocycles. The summed E-state index contributed by atoms with van der Waals surface area (Å²) in [7, 11) is 0. The van der Waals surface area contributed by atoms with Gasteiger partial charge in [-0.05, 0) is 62.2 Å². The van der Waals surface area contributed by atoms with Gasteiger partial charge in [0.2, 0.25) is 0 Å². The Morgan fingerprint density at radius 1 is 0.880 bits per heavy atom. The van der Waals surface area contributed by atoms with Crippen molar-refractivity contribution in [2.75, 3.05) is 19.8 Å². The van der Waals surface area contributed by atoms with Gasteiger partial charge >= 0.3 is 0 Å². The van der Waals surface area contributed by atoms with E-state index in [0.717, 1.165) is 5.57 Å². The van der Waals surface area contributed by atoms with E-state index in [1.54, 1.807) is 6.08 Å². The van der Waals surface area contributed by atoms with Crippen LogP contribution in [0.3, 0.4) is 0 Å². The number of hydrogen-bond acceptors (Lipinski definition) is 15. The molecule has 0 aromatic heterocycles. The molecule has 3 aliphatic heterocycles. The number of carbonyl (C=O) groups excluding carboxylic acids is 1. The lowest BCUT2D eigenvalue weighted by Crippen LogP contribution is -2.65. The van der Waals surface area contributed by atoms with Gasteiger partial charge in [0, 0.05) is 17.4 Å². The van der Waals surface area contributed by atoms with E-state index >= 15 is 0 Å². The van der Waals surface area contributed by atoms with Gasteiger partial charge in [0.15, 0.2) is 25.0 Å². The Kier molecular flexibility index (Phi) is 9.84. The normalized spacial score (nSPS) is 53.5. The SMILES string of the molecule is C[C@]12CC[C@@H](O[C@@H]3O[C@@H](CO[C@@H]4O[C@@H](CO)[C@@H](O)[C@@H](O)[C@@H]4O)[C@@H](O)[C@@H](O)[C@H]3O)CC1=CC[C@@H]1[C@@H]2[C@H](O)C[C@]2(C)[C@H](C3=CC(=O)CO3)CC[C@@]12O. The number of aliphatic hydroxyl groups excluding tert-OH is 8. The van der Waals surface area contributed by atoms with Gasteiger partial charge < -0.3 is 69.6 Å². The minimum absolute atomic E-state index is 0.0153. The molecule has 0 spiro atoms. The fourth-order valence-electron chi connectivity index (χ4n) is 10.6. The maximum absolute atomic E-state index is 12.5. The summed E-state index contributed by atoms with van der Waals surface area (Å²) in [4.78, 5) is 12.0. The van der Waals surface area contributed by atoms with Crippen LogP contribution >= 0.6 is 0 Å². The Balaban J connectivity index is 1.02. The maximum Gasteiger partial charge on any atom is 0.196 e. The van der Waals surface area contributed by atoms with Crippen LogP contribution in [0.1, 0.15) is 58.8 Å². The Morgan fingerprint density at radius 2 is 1.56 bits per heavy atom. The Labute approximate surface area is 290 Å². The van der Waals surface area contributed by atoms with E-state index in [4.69, 9.17) is 23.7 Å². The van der Waals surface area contributed by atoms with Gasteiger partial charge in [-0.1, -0.05) is 25.5 Å². The molecule has 0 aromatic carbocycles. The van der Waals surface area contributed by atoms with Crippen LogP contribution in [0.4, 0.5) is 0 Å². The van der Waals surface area contributed by atoms with Gasteiger partial charge in [0.1, 0.15) is 54.6 Å². The highest BCUT2D eigenvalue weighted by Gasteiger charge is 2.69. The van der Waals surface area contributed by atoms with E-state index in [9.17, 15) is 50.8 Å². The molecule has 5 fully saturated rings.